The van der Waals surface area contributed by atoms with Crippen LogP contribution in [0.5, 0.6) is 0 Å². The van der Waals surface area contributed by atoms with Crippen molar-refractivity contribution in [1.82, 2.24) is 4.90 Å². The van der Waals surface area contributed by atoms with E-state index in [0.717, 1.165) is 28.6 Å². The van der Waals surface area contributed by atoms with Crippen LogP contribution in [0.1, 0.15) is 19.3 Å². The van der Waals surface area contributed by atoms with Crippen molar-refractivity contribution in [3.63, 3.8) is 0 Å². The second kappa shape index (κ2) is 3.39. The molecule has 0 unspecified atom stereocenters. The minimum atomic E-state index is 0.179. The maximum absolute atomic E-state index is 11.7. The molecule has 1 saturated carbocycles. The summed E-state index contributed by atoms with van der Waals surface area (Å²) in [6.45, 7) is 7.57. The summed E-state index contributed by atoms with van der Waals surface area (Å²) in [4.78, 5) is 13.6. The molecule has 0 radical (unpaired) electrons. The first kappa shape index (κ1) is 9.71. The molecule has 2 nitrogen and oxygen atoms in total. The van der Waals surface area contributed by atoms with Crippen molar-refractivity contribution < 1.29 is 4.79 Å². The van der Waals surface area contributed by atoms with Crippen molar-refractivity contribution in [3.8, 4) is 0 Å². The smallest absolute Gasteiger partial charge is 0.231 e. The number of carbonyl (C=O) groups is 1. The lowest BCUT2D eigenvalue weighted by atomic mass is 10.2. The number of carbonyl (C=O) groups excluding carboxylic acids is 1. The van der Waals surface area contributed by atoms with Crippen molar-refractivity contribution in [1.29, 1.82) is 0 Å². The molecule has 1 aliphatic heterocycles. The number of nitrogens with zero attached hydrogens (tertiary/aromatic N) is 1. The fourth-order valence-electron chi connectivity index (χ4n) is 1.80. The summed E-state index contributed by atoms with van der Waals surface area (Å²) < 4.78 is 0.795. The van der Waals surface area contributed by atoms with E-state index in [-0.39, 0.29) is 5.91 Å². The summed E-state index contributed by atoms with van der Waals surface area (Å²) in [7, 11) is 0. The lowest BCUT2D eigenvalue weighted by Gasteiger charge is -2.17. The van der Waals surface area contributed by atoms with Crippen LogP contribution in [0.2, 0.25) is 0 Å². The van der Waals surface area contributed by atoms with Gasteiger partial charge in [-0.3, -0.25) is 4.79 Å². The zero-order chi connectivity index (χ0) is 10.3. The Balaban J connectivity index is 2.36. The van der Waals surface area contributed by atoms with Crippen LogP contribution in [0.4, 0.5) is 0 Å². The SMILES string of the molecule is C=CC1=C(C(=C)Br)CC(=O)N1C1CC1. The highest BCUT2D eigenvalue weighted by Gasteiger charge is 2.39. The van der Waals surface area contributed by atoms with E-state index in [1.165, 1.54) is 0 Å². The third-order valence-electron chi connectivity index (χ3n) is 2.60. The van der Waals surface area contributed by atoms with Crippen LogP contribution in [0.3, 0.4) is 0 Å². The van der Waals surface area contributed by atoms with E-state index < -0.39 is 0 Å². The van der Waals surface area contributed by atoms with Gasteiger partial charge in [-0.15, -0.1) is 0 Å². The third-order valence-corrected chi connectivity index (χ3v) is 3.08. The van der Waals surface area contributed by atoms with Crippen LogP contribution in [0.15, 0.2) is 35.0 Å². The van der Waals surface area contributed by atoms with Crippen LogP contribution in [-0.2, 0) is 4.79 Å². The van der Waals surface area contributed by atoms with E-state index in [0.29, 0.717) is 12.5 Å². The Morgan fingerprint density at radius 1 is 1.57 bits per heavy atom. The van der Waals surface area contributed by atoms with E-state index in [2.05, 4.69) is 29.1 Å². The summed E-state index contributed by atoms with van der Waals surface area (Å²) in [5.41, 5.74) is 1.93. The molecular formula is C11H12BrNO. The van der Waals surface area contributed by atoms with Gasteiger partial charge in [0.05, 0.1) is 6.42 Å². The van der Waals surface area contributed by atoms with Gasteiger partial charge in [-0.05, 0) is 24.5 Å². The summed E-state index contributed by atoms with van der Waals surface area (Å²) in [5.74, 6) is 0.179. The van der Waals surface area contributed by atoms with E-state index in [1.807, 2.05) is 4.90 Å². The van der Waals surface area contributed by atoms with Gasteiger partial charge in [0.2, 0.25) is 5.91 Å². The van der Waals surface area contributed by atoms with Gasteiger partial charge in [-0.25, -0.2) is 0 Å². The van der Waals surface area contributed by atoms with Crippen LogP contribution in [0, 0.1) is 0 Å². The molecule has 0 bridgehead atoms. The standard InChI is InChI=1S/C11H12BrNO/c1-3-10-9(7(2)12)6-11(14)13(10)8-4-5-8/h3,8H,1-2,4-6H2. The fraction of sp³-hybridized carbons (Fsp3) is 0.364. The number of allylic oxidation sites excluding steroid dienone is 2. The highest BCUT2D eigenvalue weighted by molar-refractivity contribution is 9.11. The summed E-state index contributed by atoms with van der Waals surface area (Å²) in [5, 5.41) is 0. The largest absolute Gasteiger partial charge is 0.309 e. The number of hydrogen-bond donors (Lipinski definition) is 0. The van der Waals surface area contributed by atoms with E-state index in [4.69, 9.17) is 0 Å². The van der Waals surface area contributed by atoms with Gasteiger partial charge in [0, 0.05) is 16.2 Å². The monoisotopic (exact) mass is 253 g/mol. The molecule has 0 saturated heterocycles. The molecule has 14 heavy (non-hydrogen) atoms. The van der Waals surface area contributed by atoms with Crippen molar-refractivity contribution >= 4 is 21.8 Å². The first-order valence-corrected chi connectivity index (χ1v) is 5.47. The zero-order valence-corrected chi connectivity index (χ0v) is 9.51. The Labute approximate surface area is 92.1 Å². The van der Waals surface area contributed by atoms with E-state index in [9.17, 15) is 4.79 Å². The third kappa shape index (κ3) is 1.46. The Bertz CT molecular complexity index is 352. The number of hydrogen-bond acceptors (Lipinski definition) is 1. The first-order chi connectivity index (χ1) is 6.65. The molecule has 0 atom stereocenters. The Kier molecular flexibility index (Phi) is 2.35. The maximum Gasteiger partial charge on any atom is 0.231 e. The molecule has 1 fully saturated rings. The molecule has 0 aromatic rings. The van der Waals surface area contributed by atoms with Crippen molar-refractivity contribution in [2.24, 2.45) is 0 Å². The summed E-state index contributed by atoms with van der Waals surface area (Å²) >= 11 is 3.33. The number of rotatable bonds is 3. The average Bonchev–Trinajstić information content (AvgIpc) is 2.89. The normalized spacial score (nSPS) is 21.8. The zero-order valence-electron chi connectivity index (χ0n) is 7.92. The Morgan fingerprint density at radius 3 is 2.64 bits per heavy atom. The second-order valence-corrected chi connectivity index (χ2v) is 4.60. The van der Waals surface area contributed by atoms with Gasteiger partial charge >= 0.3 is 0 Å². The molecule has 0 spiro atoms. The molecule has 1 aliphatic carbocycles. The van der Waals surface area contributed by atoms with Gasteiger partial charge < -0.3 is 4.90 Å². The average molecular weight is 254 g/mol. The highest BCUT2D eigenvalue weighted by atomic mass is 79.9. The lowest BCUT2D eigenvalue weighted by Crippen LogP contribution is -2.26. The molecule has 0 aromatic carbocycles. The van der Waals surface area contributed by atoms with E-state index >= 15 is 0 Å². The molecule has 74 valence electrons. The predicted octanol–water partition coefficient (Wildman–Crippen LogP) is 2.73. The van der Waals surface area contributed by atoms with Crippen LogP contribution >= 0.6 is 15.9 Å². The molecular weight excluding hydrogens is 242 g/mol. The predicted molar refractivity (Wildman–Crippen MR) is 59.8 cm³/mol. The minimum absolute atomic E-state index is 0.179. The lowest BCUT2D eigenvalue weighted by molar-refractivity contribution is -0.127. The highest BCUT2D eigenvalue weighted by Crippen LogP contribution is 2.39. The quantitative estimate of drug-likeness (QED) is 0.758. The maximum atomic E-state index is 11.7. The molecule has 0 N–H and O–H groups in total. The molecule has 2 rings (SSSR count). The first-order valence-electron chi connectivity index (χ1n) is 4.67. The van der Waals surface area contributed by atoms with E-state index in [1.54, 1.807) is 6.08 Å². The molecule has 3 heteroatoms. The van der Waals surface area contributed by atoms with Crippen molar-refractivity contribution in [3.05, 3.63) is 35.0 Å². The van der Waals surface area contributed by atoms with Gasteiger partial charge in [0.25, 0.3) is 0 Å². The number of halogens is 1. The fourth-order valence-corrected chi connectivity index (χ4v) is 2.14. The Morgan fingerprint density at radius 2 is 2.21 bits per heavy atom. The van der Waals surface area contributed by atoms with Crippen molar-refractivity contribution in [2.45, 2.75) is 25.3 Å². The molecule has 1 amide bonds. The topological polar surface area (TPSA) is 20.3 Å². The van der Waals surface area contributed by atoms with Crippen molar-refractivity contribution in [2.75, 3.05) is 0 Å². The van der Waals surface area contributed by atoms with Gasteiger partial charge in [0.1, 0.15) is 0 Å². The van der Waals surface area contributed by atoms with Gasteiger partial charge in [-0.1, -0.05) is 29.1 Å². The molecule has 2 aliphatic rings. The van der Waals surface area contributed by atoms with Crippen LogP contribution in [0.25, 0.3) is 0 Å². The summed E-state index contributed by atoms with van der Waals surface area (Å²) in [6, 6.07) is 0.417. The summed E-state index contributed by atoms with van der Waals surface area (Å²) in [6.07, 6.45) is 4.45. The van der Waals surface area contributed by atoms with Crippen LogP contribution in [-0.4, -0.2) is 16.8 Å². The molecule has 1 heterocycles. The van der Waals surface area contributed by atoms with Crippen LogP contribution < -0.4 is 0 Å². The second-order valence-electron chi connectivity index (χ2n) is 3.64. The van der Waals surface area contributed by atoms with Gasteiger partial charge in [0.15, 0.2) is 0 Å². The minimum Gasteiger partial charge on any atom is -0.309 e. The molecule has 0 aromatic heterocycles. The Hall–Kier alpha value is -0.830. The van der Waals surface area contributed by atoms with Gasteiger partial charge in [-0.2, -0.15) is 0 Å². The number of amides is 1.